The van der Waals surface area contributed by atoms with E-state index in [2.05, 4.69) is 19.2 Å². The fraction of sp³-hybridized carbons (Fsp3) is 0.556. The second-order valence-electron chi connectivity index (χ2n) is 6.58. The topological polar surface area (TPSA) is 84.9 Å². The van der Waals surface area contributed by atoms with E-state index in [-0.39, 0.29) is 24.5 Å². The Morgan fingerprint density at radius 1 is 1.25 bits per heavy atom. The van der Waals surface area contributed by atoms with Crippen molar-refractivity contribution in [2.45, 2.75) is 39.2 Å². The molecule has 2 rings (SSSR count). The van der Waals surface area contributed by atoms with Gasteiger partial charge in [0, 0.05) is 12.1 Å². The zero-order valence-corrected chi connectivity index (χ0v) is 14.2. The summed E-state index contributed by atoms with van der Waals surface area (Å²) >= 11 is 0. The molecule has 0 aliphatic heterocycles. The number of aliphatic carboxylic acids is 1. The molecule has 6 nitrogen and oxygen atoms in total. The second kappa shape index (κ2) is 8.57. The first kappa shape index (κ1) is 18.1. The van der Waals surface area contributed by atoms with Crippen molar-refractivity contribution in [3.63, 3.8) is 0 Å². The first-order chi connectivity index (χ1) is 11.4. The Balaban J connectivity index is 1.75. The summed E-state index contributed by atoms with van der Waals surface area (Å²) in [6.45, 7) is 4.67. The number of carboxylic acids is 1. The highest BCUT2D eigenvalue weighted by atomic mass is 16.5. The van der Waals surface area contributed by atoms with Crippen LogP contribution in [0.4, 0.5) is 0 Å². The summed E-state index contributed by atoms with van der Waals surface area (Å²) < 4.78 is 11.1. The minimum absolute atomic E-state index is 0.0806. The summed E-state index contributed by atoms with van der Waals surface area (Å²) in [7, 11) is 0. The van der Waals surface area contributed by atoms with Gasteiger partial charge in [0.05, 0.1) is 12.5 Å². The number of benzene rings is 1. The van der Waals surface area contributed by atoms with Crippen molar-refractivity contribution in [2.75, 3.05) is 13.2 Å². The van der Waals surface area contributed by atoms with E-state index in [9.17, 15) is 9.59 Å². The van der Waals surface area contributed by atoms with Gasteiger partial charge in [-0.05, 0) is 37.3 Å². The molecule has 1 fully saturated rings. The second-order valence-corrected chi connectivity index (χ2v) is 6.58. The number of ether oxygens (including phenoxy) is 2. The monoisotopic (exact) mass is 335 g/mol. The molecule has 0 heterocycles. The maximum atomic E-state index is 11.9. The van der Waals surface area contributed by atoms with Gasteiger partial charge in [0.2, 0.25) is 0 Å². The highest BCUT2D eigenvalue weighted by Gasteiger charge is 2.30. The van der Waals surface area contributed by atoms with Crippen LogP contribution >= 0.6 is 0 Å². The van der Waals surface area contributed by atoms with Crippen molar-refractivity contribution in [3.8, 4) is 11.5 Å². The Kier molecular flexibility index (Phi) is 6.46. The van der Waals surface area contributed by atoms with Crippen LogP contribution < -0.4 is 14.8 Å². The lowest BCUT2D eigenvalue weighted by Crippen LogP contribution is -2.36. The molecular formula is C18H25NO5. The SMILES string of the molecule is CC(C)COc1cccc(OCC(=O)N[C@@H]2CC[C@H](C(=O)O)C2)c1. The quantitative estimate of drug-likeness (QED) is 0.762. The highest BCUT2D eigenvalue weighted by molar-refractivity contribution is 5.78. The van der Waals surface area contributed by atoms with Crippen LogP contribution in [0.1, 0.15) is 33.1 Å². The molecule has 0 radical (unpaired) electrons. The minimum atomic E-state index is -0.791. The Hall–Kier alpha value is -2.24. The molecule has 1 aromatic rings. The largest absolute Gasteiger partial charge is 0.493 e. The van der Waals surface area contributed by atoms with Gasteiger partial charge in [-0.2, -0.15) is 0 Å². The summed E-state index contributed by atoms with van der Waals surface area (Å²) in [6.07, 6.45) is 1.79. The smallest absolute Gasteiger partial charge is 0.306 e. The average Bonchev–Trinajstić information content (AvgIpc) is 3.00. The zero-order valence-electron chi connectivity index (χ0n) is 14.2. The standard InChI is InChI=1S/C18H25NO5/c1-12(2)10-23-15-4-3-5-16(9-15)24-11-17(20)19-14-7-6-13(8-14)18(21)22/h3-5,9,12-14H,6-8,10-11H2,1-2H3,(H,19,20)(H,21,22)/t13-,14+/m0/s1. The molecule has 1 amide bonds. The van der Waals surface area contributed by atoms with Gasteiger partial charge in [-0.1, -0.05) is 19.9 Å². The third-order valence-electron chi connectivity index (χ3n) is 3.91. The third kappa shape index (κ3) is 5.76. The van der Waals surface area contributed by atoms with Gasteiger partial charge in [0.25, 0.3) is 5.91 Å². The molecule has 0 spiro atoms. The van der Waals surface area contributed by atoms with Crippen molar-refractivity contribution in [2.24, 2.45) is 11.8 Å². The number of carbonyl (C=O) groups is 2. The van der Waals surface area contributed by atoms with Crippen molar-refractivity contribution in [1.82, 2.24) is 5.32 Å². The molecule has 2 atom stereocenters. The summed E-state index contributed by atoms with van der Waals surface area (Å²) in [5.41, 5.74) is 0. The van der Waals surface area contributed by atoms with Crippen LogP contribution in [0.5, 0.6) is 11.5 Å². The van der Waals surface area contributed by atoms with Crippen molar-refractivity contribution < 1.29 is 24.2 Å². The van der Waals surface area contributed by atoms with E-state index in [1.54, 1.807) is 12.1 Å². The van der Waals surface area contributed by atoms with Crippen LogP contribution in [-0.2, 0) is 9.59 Å². The predicted octanol–water partition coefficient (Wildman–Crippen LogP) is 2.47. The lowest BCUT2D eigenvalue weighted by molar-refractivity contribution is -0.141. The normalized spacial score (nSPS) is 20.0. The number of amides is 1. The van der Waals surface area contributed by atoms with Gasteiger partial charge >= 0.3 is 5.97 Å². The number of rotatable bonds is 8. The number of hydrogen-bond donors (Lipinski definition) is 2. The van der Waals surface area contributed by atoms with Gasteiger partial charge < -0.3 is 19.9 Å². The number of hydrogen-bond acceptors (Lipinski definition) is 4. The Labute approximate surface area is 142 Å². The summed E-state index contributed by atoms with van der Waals surface area (Å²) in [5, 5.41) is 11.8. The fourth-order valence-corrected chi connectivity index (χ4v) is 2.67. The molecule has 0 bridgehead atoms. The lowest BCUT2D eigenvalue weighted by Gasteiger charge is -2.14. The van der Waals surface area contributed by atoms with Crippen LogP contribution in [0.15, 0.2) is 24.3 Å². The molecule has 6 heteroatoms. The highest BCUT2D eigenvalue weighted by Crippen LogP contribution is 2.25. The van der Waals surface area contributed by atoms with E-state index in [1.165, 1.54) is 0 Å². The molecule has 1 aromatic carbocycles. The lowest BCUT2D eigenvalue weighted by atomic mass is 10.1. The minimum Gasteiger partial charge on any atom is -0.493 e. The van der Waals surface area contributed by atoms with E-state index in [4.69, 9.17) is 14.6 Å². The van der Waals surface area contributed by atoms with Gasteiger partial charge in [0.15, 0.2) is 6.61 Å². The summed E-state index contributed by atoms with van der Waals surface area (Å²) in [6, 6.07) is 7.11. The Morgan fingerprint density at radius 2 is 1.96 bits per heavy atom. The molecule has 24 heavy (non-hydrogen) atoms. The number of carboxylic acid groups (broad SMARTS) is 1. The van der Waals surface area contributed by atoms with E-state index in [1.807, 2.05) is 12.1 Å². The van der Waals surface area contributed by atoms with E-state index in [0.717, 1.165) is 0 Å². The van der Waals surface area contributed by atoms with Gasteiger partial charge in [-0.15, -0.1) is 0 Å². The molecule has 1 aliphatic carbocycles. The van der Waals surface area contributed by atoms with Gasteiger partial charge in [0.1, 0.15) is 11.5 Å². The van der Waals surface area contributed by atoms with Crippen LogP contribution in [-0.4, -0.2) is 36.2 Å². The van der Waals surface area contributed by atoms with E-state index in [0.29, 0.717) is 43.3 Å². The molecule has 1 saturated carbocycles. The van der Waals surface area contributed by atoms with Crippen molar-refractivity contribution >= 4 is 11.9 Å². The molecule has 2 N–H and O–H groups in total. The average molecular weight is 335 g/mol. The first-order valence-electron chi connectivity index (χ1n) is 8.32. The van der Waals surface area contributed by atoms with Gasteiger partial charge in [-0.3, -0.25) is 9.59 Å². The van der Waals surface area contributed by atoms with Crippen molar-refractivity contribution in [1.29, 1.82) is 0 Å². The summed E-state index contributed by atoms with van der Waals surface area (Å²) in [5.74, 6) is 0.330. The first-order valence-corrected chi connectivity index (χ1v) is 8.32. The van der Waals surface area contributed by atoms with E-state index < -0.39 is 5.97 Å². The summed E-state index contributed by atoms with van der Waals surface area (Å²) in [4.78, 5) is 22.9. The predicted molar refractivity (Wildman–Crippen MR) is 89.2 cm³/mol. The number of nitrogens with one attached hydrogen (secondary N) is 1. The third-order valence-corrected chi connectivity index (χ3v) is 3.91. The Bertz CT molecular complexity index is 572. The fourth-order valence-electron chi connectivity index (χ4n) is 2.67. The zero-order chi connectivity index (χ0) is 17.5. The maximum Gasteiger partial charge on any atom is 0.306 e. The molecule has 1 aliphatic rings. The maximum absolute atomic E-state index is 11.9. The molecule has 0 aromatic heterocycles. The van der Waals surface area contributed by atoms with Crippen LogP contribution in [0.2, 0.25) is 0 Å². The Morgan fingerprint density at radius 3 is 2.58 bits per heavy atom. The number of carbonyl (C=O) groups excluding carboxylic acids is 1. The molecule has 0 unspecified atom stereocenters. The van der Waals surface area contributed by atoms with Gasteiger partial charge in [-0.25, -0.2) is 0 Å². The van der Waals surface area contributed by atoms with E-state index >= 15 is 0 Å². The van der Waals surface area contributed by atoms with Crippen molar-refractivity contribution in [3.05, 3.63) is 24.3 Å². The molecule has 0 saturated heterocycles. The molecule has 132 valence electrons. The molecular weight excluding hydrogens is 310 g/mol. The van der Waals surface area contributed by atoms with Crippen LogP contribution in [0.3, 0.4) is 0 Å². The van der Waals surface area contributed by atoms with Crippen LogP contribution in [0.25, 0.3) is 0 Å². The van der Waals surface area contributed by atoms with Crippen LogP contribution in [0, 0.1) is 11.8 Å².